The normalized spacial score (nSPS) is 15.8. The van der Waals surface area contributed by atoms with Crippen molar-refractivity contribution in [2.75, 3.05) is 38.2 Å². The maximum atomic E-state index is 13.0. The molecule has 0 aliphatic carbocycles. The SMILES string of the molecule is COc1cc(Cl)c(S(=O)(=O)N2CCN(c3ccc(C)cc3C)CC2)cc1Cl. The van der Waals surface area contributed by atoms with Gasteiger partial charge in [-0.2, -0.15) is 4.31 Å². The van der Waals surface area contributed by atoms with Crippen LogP contribution in [-0.4, -0.2) is 46.0 Å². The highest BCUT2D eigenvalue weighted by molar-refractivity contribution is 7.89. The van der Waals surface area contributed by atoms with Crippen LogP contribution in [0.25, 0.3) is 0 Å². The summed E-state index contributed by atoms with van der Waals surface area (Å²) in [5, 5.41) is 0.322. The fraction of sp³-hybridized carbons (Fsp3) is 0.368. The number of benzene rings is 2. The van der Waals surface area contributed by atoms with Crippen molar-refractivity contribution in [1.82, 2.24) is 4.31 Å². The second kappa shape index (κ2) is 7.87. The van der Waals surface area contributed by atoms with E-state index in [9.17, 15) is 8.42 Å². The molecule has 0 aromatic heterocycles. The molecule has 0 bridgehead atoms. The highest BCUT2D eigenvalue weighted by Crippen LogP contribution is 2.35. The van der Waals surface area contributed by atoms with E-state index in [1.807, 2.05) is 0 Å². The highest BCUT2D eigenvalue weighted by atomic mass is 35.5. The van der Waals surface area contributed by atoms with Crippen LogP contribution in [-0.2, 0) is 10.0 Å². The lowest BCUT2D eigenvalue weighted by Gasteiger charge is -2.36. The third-order valence-corrected chi connectivity index (χ3v) is 7.41. The Morgan fingerprint density at radius 3 is 2.22 bits per heavy atom. The van der Waals surface area contributed by atoms with Crippen molar-refractivity contribution in [3.8, 4) is 5.75 Å². The van der Waals surface area contributed by atoms with Crippen molar-refractivity contribution in [2.24, 2.45) is 0 Å². The quantitative estimate of drug-likeness (QED) is 0.734. The minimum Gasteiger partial charge on any atom is -0.495 e. The van der Waals surface area contributed by atoms with E-state index in [2.05, 4.69) is 36.9 Å². The maximum absolute atomic E-state index is 13.0. The second-order valence-corrected chi connectivity index (χ2v) is 9.32. The van der Waals surface area contributed by atoms with Crippen molar-refractivity contribution < 1.29 is 13.2 Å². The van der Waals surface area contributed by atoms with Crippen molar-refractivity contribution in [1.29, 1.82) is 0 Å². The summed E-state index contributed by atoms with van der Waals surface area (Å²) in [4.78, 5) is 2.22. The fourth-order valence-electron chi connectivity index (χ4n) is 3.33. The van der Waals surface area contributed by atoms with E-state index in [1.54, 1.807) is 0 Å². The first kappa shape index (κ1) is 20.3. The second-order valence-electron chi connectivity index (χ2n) is 6.60. The van der Waals surface area contributed by atoms with Crippen LogP contribution < -0.4 is 9.64 Å². The summed E-state index contributed by atoms with van der Waals surface area (Å²) in [5.74, 6) is 0.347. The van der Waals surface area contributed by atoms with E-state index >= 15 is 0 Å². The predicted octanol–water partition coefficient (Wildman–Crippen LogP) is 4.13. The Labute approximate surface area is 170 Å². The summed E-state index contributed by atoms with van der Waals surface area (Å²) in [6.07, 6.45) is 0. The first-order valence-corrected chi connectivity index (χ1v) is 10.8. The monoisotopic (exact) mass is 428 g/mol. The van der Waals surface area contributed by atoms with Gasteiger partial charge in [0.15, 0.2) is 0 Å². The molecule has 0 N–H and O–H groups in total. The van der Waals surface area contributed by atoms with E-state index < -0.39 is 10.0 Å². The number of anilines is 1. The number of halogens is 2. The van der Waals surface area contributed by atoms with Crippen LogP contribution in [0.5, 0.6) is 5.75 Å². The van der Waals surface area contributed by atoms with Gasteiger partial charge in [0, 0.05) is 37.9 Å². The number of hydrogen-bond acceptors (Lipinski definition) is 4. The van der Waals surface area contributed by atoms with Gasteiger partial charge in [-0.3, -0.25) is 0 Å². The van der Waals surface area contributed by atoms with Crippen LogP contribution in [0.3, 0.4) is 0 Å². The topological polar surface area (TPSA) is 49.9 Å². The third-order valence-electron chi connectivity index (χ3n) is 4.76. The molecule has 0 unspecified atom stereocenters. The number of methoxy groups -OCH3 is 1. The van der Waals surface area contributed by atoms with Crippen molar-refractivity contribution in [3.05, 3.63) is 51.5 Å². The molecule has 0 saturated carbocycles. The molecular formula is C19H22Cl2N2O3S. The first-order valence-electron chi connectivity index (χ1n) is 8.59. The number of aryl methyl sites for hydroxylation is 2. The molecule has 0 spiro atoms. The van der Waals surface area contributed by atoms with Gasteiger partial charge in [0.1, 0.15) is 10.6 Å². The van der Waals surface area contributed by atoms with E-state index in [4.69, 9.17) is 27.9 Å². The molecule has 8 heteroatoms. The Morgan fingerprint density at radius 2 is 1.63 bits per heavy atom. The van der Waals surface area contributed by atoms with Crippen LogP contribution in [0.4, 0.5) is 5.69 Å². The summed E-state index contributed by atoms with van der Waals surface area (Å²) in [5.41, 5.74) is 3.54. The number of piperazine rings is 1. The minimum atomic E-state index is -3.73. The third kappa shape index (κ3) is 4.04. The van der Waals surface area contributed by atoms with Gasteiger partial charge in [0.25, 0.3) is 0 Å². The predicted molar refractivity (Wildman–Crippen MR) is 110 cm³/mol. The number of ether oxygens (including phenoxy) is 1. The van der Waals surface area contributed by atoms with Gasteiger partial charge in [-0.15, -0.1) is 0 Å². The molecule has 2 aromatic carbocycles. The molecule has 0 atom stereocenters. The van der Waals surface area contributed by atoms with Crippen LogP contribution in [0.15, 0.2) is 35.2 Å². The molecule has 2 aromatic rings. The van der Waals surface area contributed by atoms with Crippen molar-refractivity contribution >= 4 is 38.9 Å². The smallest absolute Gasteiger partial charge is 0.244 e. The Bertz CT molecular complexity index is 956. The summed E-state index contributed by atoms with van der Waals surface area (Å²) in [6, 6.07) is 9.09. The Morgan fingerprint density at radius 1 is 0.963 bits per heavy atom. The van der Waals surface area contributed by atoms with Crippen molar-refractivity contribution in [2.45, 2.75) is 18.7 Å². The van der Waals surface area contributed by atoms with Crippen LogP contribution in [0.2, 0.25) is 10.0 Å². The molecule has 0 radical (unpaired) electrons. The van der Waals surface area contributed by atoms with Gasteiger partial charge in [-0.05, 0) is 31.5 Å². The van der Waals surface area contributed by atoms with Crippen molar-refractivity contribution in [3.63, 3.8) is 0 Å². The molecular weight excluding hydrogens is 407 g/mol. The lowest BCUT2D eigenvalue weighted by Crippen LogP contribution is -2.48. The summed E-state index contributed by atoms with van der Waals surface area (Å²) in [6.45, 7) is 6.14. The minimum absolute atomic E-state index is 0.00920. The first-order chi connectivity index (χ1) is 12.7. The molecule has 1 heterocycles. The Balaban J connectivity index is 1.80. The Hall–Kier alpha value is -1.47. The fourth-order valence-corrected chi connectivity index (χ4v) is 5.58. The summed E-state index contributed by atoms with van der Waals surface area (Å²) >= 11 is 12.3. The van der Waals surface area contributed by atoms with E-state index in [-0.39, 0.29) is 14.9 Å². The molecule has 27 heavy (non-hydrogen) atoms. The largest absolute Gasteiger partial charge is 0.495 e. The summed E-state index contributed by atoms with van der Waals surface area (Å²) < 4.78 is 32.6. The van der Waals surface area contributed by atoms with Crippen LogP contribution in [0, 0.1) is 13.8 Å². The maximum Gasteiger partial charge on any atom is 0.244 e. The number of rotatable bonds is 4. The molecule has 5 nitrogen and oxygen atoms in total. The van der Waals surface area contributed by atoms with Crippen LogP contribution >= 0.6 is 23.2 Å². The highest BCUT2D eigenvalue weighted by Gasteiger charge is 2.31. The molecule has 1 aliphatic rings. The number of nitrogens with zero attached hydrogens (tertiary/aromatic N) is 2. The summed E-state index contributed by atoms with van der Waals surface area (Å²) in [7, 11) is -2.27. The molecule has 146 valence electrons. The van der Waals surface area contributed by atoms with Gasteiger partial charge in [-0.25, -0.2) is 8.42 Å². The van der Waals surface area contributed by atoms with E-state index in [0.29, 0.717) is 31.9 Å². The molecule has 1 fully saturated rings. The van der Waals surface area contributed by atoms with Gasteiger partial charge < -0.3 is 9.64 Å². The Kier molecular flexibility index (Phi) is 5.91. The standard InChI is InChI=1S/C19H22Cl2N2O3S/c1-13-4-5-17(14(2)10-13)22-6-8-23(9-7-22)27(24,25)19-12-15(20)18(26-3)11-16(19)21/h4-5,10-12H,6-9H2,1-3H3. The average Bonchev–Trinajstić information content (AvgIpc) is 2.63. The van der Waals surface area contributed by atoms with Gasteiger partial charge >= 0.3 is 0 Å². The van der Waals surface area contributed by atoms with Gasteiger partial charge in [0.2, 0.25) is 10.0 Å². The number of sulfonamides is 1. The molecule has 1 saturated heterocycles. The van der Waals surface area contributed by atoms with Crippen LogP contribution in [0.1, 0.15) is 11.1 Å². The zero-order valence-electron chi connectivity index (χ0n) is 15.5. The number of hydrogen-bond donors (Lipinski definition) is 0. The lowest BCUT2D eigenvalue weighted by atomic mass is 10.1. The van der Waals surface area contributed by atoms with E-state index in [1.165, 1.54) is 34.7 Å². The zero-order chi connectivity index (χ0) is 19.8. The zero-order valence-corrected chi connectivity index (χ0v) is 17.8. The van der Waals surface area contributed by atoms with Gasteiger partial charge in [0.05, 0.1) is 17.2 Å². The molecule has 0 amide bonds. The van der Waals surface area contributed by atoms with Gasteiger partial charge in [-0.1, -0.05) is 40.9 Å². The molecule has 1 aliphatic heterocycles. The van der Waals surface area contributed by atoms with E-state index in [0.717, 1.165) is 5.69 Å². The average molecular weight is 429 g/mol. The molecule has 3 rings (SSSR count). The lowest BCUT2D eigenvalue weighted by molar-refractivity contribution is 0.384.